The number of anilines is 1. The van der Waals surface area contributed by atoms with Crippen molar-refractivity contribution < 1.29 is 19.1 Å². The molecule has 1 heterocycles. The van der Waals surface area contributed by atoms with Gasteiger partial charge in [-0.3, -0.25) is 9.59 Å². The molecule has 10 heteroatoms. The zero-order valence-corrected chi connectivity index (χ0v) is 19.7. The summed E-state index contributed by atoms with van der Waals surface area (Å²) >= 11 is 1.22. The van der Waals surface area contributed by atoms with Gasteiger partial charge in [0.2, 0.25) is 5.91 Å². The number of carbonyl (C=O) groups is 3. The van der Waals surface area contributed by atoms with E-state index in [9.17, 15) is 14.4 Å². The van der Waals surface area contributed by atoms with Crippen molar-refractivity contribution >= 4 is 35.2 Å². The van der Waals surface area contributed by atoms with Crippen LogP contribution in [-0.4, -0.2) is 45.4 Å². The van der Waals surface area contributed by atoms with Gasteiger partial charge in [0.05, 0.1) is 25.0 Å². The number of hydrogen-bond acceptors (Lipinski definition) is 7. The molecular weight excluding hydrogens is 454 g/mol. The fourth-order valence-corrected chi connectivity index (χ4v) is 3.85. The molecule has 2 N–H and O–H groups in total. The van der Waals surface area contributed by atoms with Gasteiger partial charge in [-0.15, -0.1) is 16.8 Å². The van der Waals surface area contributed by atoms with E-state index in [1.54, 1.807) is 41.0 Å². The Morgan fingerprint density at radius 3 is 2.53 bits per heavy atom. The molecule has 0 aliphatic rings. The molecule has 0 spiro atoms. The van der Waals surface area contributed by atoms with E-state index in [0.29, 0.717) is 34.3 Å². The quantitative estimate of drug-likeness (QED) is 0.261. The molecular formula is C24H25N5O4S. The van der Waals surface area contributed by atoms with Crippen molar-refractivity contribution in [3.8, 4) is 0 Å². The Morgan fingerprint density at radius 2 is 1.85 bits per heavy atom. The van der Waals surface area contributed by atoms with Crippen molar-refractivity contribution in [1.29, 1.82) is 0 Å². The number of aromatic nitrogens is 3. The Bertz CT molecular complexity index is 1190. The number of amides is 2. The molecule has 34 heavy (non-hydrogen) atoms. The van der Waals surface area contributed by atoms with E-state index >= 15 is 0 Å². The minimum absolute atomic E-state index is 0.101. The second-order valence-corrected chi connectivity index (χ2v) is 8.14. The predicted molar refractivity (Wildman–Crippen MR) is 130 cm³/mol. The zero-order valence-electron chi connectivity index (χ0n) is 18.9. The van der Waals surface area contributed by atoms with Crippen LogP contribution in [0.1, 0.15) is 32.1 Å². The number of hydrogen-bond donors (Lipinski definition) is 2. The van der Waals surface area contributed by atoms with E-state index in [0.717, 1.165) is 5.56 Å². The third kappa shape index (κ3) is 6.32. The first-order chi connectivity index (χ1) is 16.4. The fourth-order valence-electron chi connectivity index (χ4n) is 3.09. The lowest BCUT2D eigenvalue weighted by atomic mass is 10.1. The first-order valence-electron chi connectivity index (χ1n) is 10.4. The van der Waals surface area contributed by atoms with E-state index in [1.807, 2.05) is 25.1 Å². The average Bonchev–Trinajstić information content (AvgIpc) is 3.23. The number of esters is 1. The summed E-state index contributed by atoms with van der Waals surface area (Å²) in [6, 6.07) is 13.7. The third-order valence-electron chi connectivity index (χ3n) is 4.82. The van der Waals surface area contributed by atoms with Gasteiger partial charge >= 0.3 is 5.97 Å². The number of methoxy groups -OCH3 is 1. The van der Waals surface area contributed by atoms with Gasteiger partial charge in [0.25, 0.3) is 5.91 Å². The highest BCUT2D eigenvalue weighted by Gasteiger charge is 2.16. The highest BCUT2D eigenvalue weighted by Crippen LogP contribution is 2.18. The van der Waals surface area contributed by atoms with E-state index in [1.165, 1.54) is 18.9 Å². The highest BCUT2D eigenvalue weighted by molar-refractivity contribution is 7.99. The molecule has 9 nitrogen and oxygen atoms in total. The van der Waals surface area contributed by atoms with Crippen LogP contribution >= 0.6 is 11.8 Å². The molecule has 0 radical (unpaired) electrons. The molecule has 0 unspecified atom stereocenters. The van der Waals surface area contributed by atoms with Crippen molar-refractivity contribution in [3.63, 3.8) is 0 Å². The molecule has 0 fully saturated rings. The molecule has 0 saturated heterocycles. The molecule has 3 aromatic rings. The molecule has 0 aliphatic heterocycles. The lowest BCUT2D eigenvalue weighted by molar-refractivity contribution is -0.113. The molecule has 1 aromatic heterocycles. The van der Waals surface area contributed by atoms with Crippen LogP contribution in [0.25, 0.3) is 0 Å². The lowest BCUT2D eigenvalue weighted by Gasteiger charge is -2.10. The molecule has 0 atom stereocenters. The van der Waals surface area contributed by atoms with Crippen molar-refractivity contribution in [2.75, 3.05) is 18.2 Å². The number of allylic oxidation sites excluding steroid dienone is 1. The fraction of sp³-hybridized carbons (Fsp3) is 0.208. The predicted octanol–water partition coefficient (Wildman–Crippen LogP) is 3.22. The smallest absolute Gasteiger partial charge is 0.337 e. The number of nitrogens with one attached hydrogen (secondary N) is 2. The maximum Gasteiger partial charge on any atom is 0.337 e. The van der Waals surface area contributed by atoms with Gasteiger partial charge in [-0.2, -0.15) is 0 Å². The van der Waals surface area contributed by atoms with Crippen LogP contribution in [0.4, 0.5) is 5.69 Å². The standard InChI is InChI=1S/C24H25N5O4S/c1-4-13-29-20(14-25-22(31)19-8-6-5-7-16(19)2)27-28-24(29)34-15-21(30)26-18-11-9-17(10-12-18)23(32)33-3/h4-12H,1,13-15H2,2-3H3,(H,25,31)(H,26,30). The van der Waals surface area contributed by atoms with Gasteiger partial charge in [-0.25, -0.2) is 4.79 Å². The third-order valence-corrected chi connectivity index (χ3v) is 5.79. The van der Waals surface area contributed by atoms with Gasteiger partial charge < -0.3 is 19.9 Å². The summed E-state index contributed by atoms with van der Waals surface area (Å²) in [6.45, 7) is 6.26. The maximum atomic E-state index is 12.5. The first-order valence-corrected chi connectivity index (χ1v) is 11.4. The van der Waals surface area contributed by atoms with Gasteiger partial charge in [0.15, 0.2) is 11.0 Å². The van der Waals surface area contributed by atoms with Crippen molar-refractivity contribution in [2.24, 2.45) is 0 Å². The summed E-state index contributed by atoms with van der Waals surface area (Å²) in [5, 5.41) is 14.5. The minimum atomic E-state index is -0.444. The summed E-state index contributed by atoms with van der Waals surface area (Å²) in [5.41, 5.74) is 2.44. The van der Waals surface area contributed by atoms with E-state index in [-0.39, 0.29) is 24.1 Å². The van der Waals surface area contributed by atoms with Crippen molar-refractivity contribution in [2.45, 2.75) is 25.2 Å². The Kier molecular flexibility index (Phi) is 8.58. The first kappa shape index (κ1) is 24.7. The Hall–Kier alpha value is -3.92. The number of rotatable bonds is 10. The normalized spacial score (nSPS) is 10.4. The molecule has 0 saturated carbocycles. The molecule has 176 valence electrons. The average molecular weight is 480 g/mol. The number of aryl methyl sites for hydroxylation is 1. The summed E-state index contributed by atoms with van der Waals surface area (Å²) in [7, 11) is 1.31. The SMILES string of the molecule is C=CCn1c(CNC(=O)c2ccccc2C)nnc1SCC(=O)Nc1ccc(C(=O)OC)cc1. The second-order valence-electron chi connectivity index (χ2n) is 7.20. The molecule has 0 aliphatic carbocycles. The van der Waals surface area contributed by atoms with Gasteiger partial charge in [-0.05, 0) is 42.8 Å². The van der Waals surface area contributed by atoms with E-state index in [2.05, 4.69) is 32.1 Å². The molecule has 3 rings (SSSR count). The minimum Gasteiger partial charge on any atom is -0.465 e. The van der Waals surface area contributed by atoms with Crippen LogP contribution in [0.5, 0.6) is 0 Å². The van der Waals surface area contributed by atoms with Crippen molar-refractivity contribution in [1.82, 2.24) is 20.1 Å². The van der Waals surface area contributed by atoms with Crippen molar-refractivity contribution in [3.05, 3.63) is 83.7 Å². The largest absolute Gasteiger partial charge is 0.465 e. The molecule has 2 amide bonds. The van der Waals surface area contributed by atoms with E-state index in [4.69, 9.17) is 0 Å². The maximum absolute atomic E-state index is 12.5. The van der Waals surface area contributed by atoms with Crippen LogP contribution in [0.3, 0.4) is 0 Å². The highest BCUT2D eigenvalue weighted by atomic mass is 32.2. The van der Waals surface area contributed by atoms with Gasteiger partial charge in [0.1, 0.15) is 0 Å². The van der Waals surface area contributed by atoms with Crippen LogP contribution in [0.15, 0.2) is 66.3 Å². The Labute approximate surface area is 201 Å². The topological polar surface area (TPSA) is 115 Å². The Morgan fingerprint density at radius 1 is 1.12 bits per heavy atom. The summed E-state index contributed by atoms with van der Waals surface area (Å²) in [5.74, 6) is -0.218. The van der Waals surface area contributed by atoms with Crippen LogP contribution in [-0.2, 0) is 22.6 Å². The number of benzene rings is 2. The number of ether oxygens (including phenoxy) is 1. The summed E-state index contributed by atoms with van der Waals surface area (Å²) in [4.78, 5) is 36.4. The van der Waals surface area contributed by atoms with Crippen LogP contribution in [0, 0.1) is 6.92 Å². The number of thioether (sulfide) groups is 1. The van der Waals surface area contributed by atoms with Gasteiger partial charge in [-0.1, -0.05) is 36.0 Å². The second kappa shape index (κ2) is 11.8. The zero-order chi connectivity index (χ0) is 24.5. The molecule has 0 bridgehead atoms. The summed E-state index contributed by atoms with van der Waals surface area (Å²) < 4.78 is 6.46. The summed E-state index contributed by atoms with van der Waals surface area (Å²) in [6.07, 6.45) is 1.70. The lowest BCUT2D eigenvalue weighted by Crippen LogP contribution is -2.25. The number of carbonyl (C=O) groups excluding carboxylic acids is 3. The molecule has 2 aromatic carbocycles. The van der Waals surface area contributed by atoms with Crippen LogP contribution in [0.2, 0.25) is 0 Å². The van der Waals surface area contributed by atoms with Gasteiger partial charge in [0, 0.05) is 17.8 Å². The number of nitrogens with zero attached hydrogens (tertiary/aromatic N) is 3. The monoisotopic (exact) mass is 479 g/mol. The van der Waals surface area contributed by atoms with Crippen LogP contribution < -0.4 is 10.6 Å². The Balaban J connectivity index is 1.59. The van der Waals surface area contributed by atoms with E-state index < -0.39 is 5.97 Å².